The van der Waals surface area contributed by atoms with E-state index in [-0.39, 0.29) is 6.04 Å². The van der Waals surface area contributed by atoms with Crippen LogP contribution in [-0.2, 0) is 0 Å². The van der Waals surface area contributed by atoms with Crippen LogP contribution in [0.15, 0.2) is 28.8 Å². The van der Waals surface area contributed by atoms with Crippen LogP contribution in [0.4, 0.5) is 5.82 Å². The molecule has 100 valence electrons. The minimum Gasteiger partial charge on any atom is -0.466 e. The summed E-state index contributed by atoms with van der Waals surface area (Å²) in [4.78, 5) is 15.5. The highest BCUT2D eigenvalue weighted by Crippen LogP contribution is 2.25. The first-order valence-electron chi connectivity index (χ1n) is 6.07. The molecule has 0 radical (unpaired) electrons. The Kier molecular flexibility index (Phi) is 3.55. The predicted molar refractivity (Wildman–Crippen MR) is 73.0 cm³/mol. The molecule has 0 aliphatic heterocycles. The normalized spacial score (nSPS) is 12.2. The molecule has 0 saturated carbocycles. The molecule has 0 aromatic carbocycles. The minimum atomic E-state index is -0.497. The molecule has 2 aromatic heterocycles. The number of carbonyl (C=O) groups is 1. The van der Waals surface area contributed by atoms with Crippen LogP contribution in [-0.4, -0.2) is 10.9 Å². The van der Waals surface area contributed by atoms with Crippen LogP contribution in [0, 0.1) is 13.8 Å². The average Bonchev–Trinajstić information content (AvgIpc) is 2.69. The molecule has 19 heavy (non-hydrogen) atoms. The van der Waals surface area contributed by atoms with E-state index in [4.69, 9.17) is 10.2 Å². The van der Waals surface area contributed by atoms with E-state index in [1.54, 1.807) is 18.3 Å². The molecule has 0 bridgehead atoms. The molecule has 0 aliphatic rings. The van der Waals surface area contributed by atoms with Gasteiger partial charge >= 0.3 is 0 Å². The molecular weight excluding hydrogens is 242 g/mol. The maximum atomic E-state index is 11.3. The van der Waals surface area contributed by atoms with Gasteiger partial charge in [-0.1, -0.05) is 0 Å². The number of anilines is 1. The number of nitrogens with zero attached hydrogens (tertiary/aromatic N) is 1. The molecule has 2 heterocycles. The number of rotatable bonds is 4. The highest BCUT2D eigenvalue weighted by atomic mass is 16.3. The molecule has 1 atom stereocenters. The van der Waals surface area contributed by atoms with Crippen molar-refractivity contribution in [3.63, 3.8) is 0 Å². The first-order chi connectivity index (χ1) is 8.99. The van der Waals surface area contributed by atoms with Gasteiger partial charge in [-0.25, -0.2) is 4.98 Å². The summed E-state index contributed by atoms with van der Waals surface area (Å²) < 4.78 is 5.50. The van der Waals surface area contributed by atoms with Crippen molar-refractivity contribution in [2.45, 2.75) is 26.8 Å². The number of aryl methyl sites for hydroxylation is 2. The van der Waals surface area contributed by atoms with Crippen molar-refractivity contribution in [2.75, 3.05) is 5.32 Å². The van der Waals surface area contributed by atoms with Crippen LogP contribution in [0.5, 0.6) is 0 Å². The number of aromatic nitrogens is 1. The van der Waals surface area contributed by atoms with Crippen LogP contribution in [0.2, 0.25) is 0 Å². The van der Waals surface area contributed by atoms with E-state index in [1.807, 2.05) is 26.8 Å². The van der Waals surface area contributed by atoms with E-state index in [0.717, 1.165) is 17.1 Å². The van der Waals surface area contributed by atoms with Gasteiger partial charge in [-0.05, 0) is 39.0 Å². The van der Waals surface area contributed by atoms with Crippen LogP contribution in [0.1, 0.15) is 40.4 Å². The van der Waals surface area contributed by atoms with Crippen molar-refractivity contribution in [3.05, 3.63) is 47.0 Å². The first-order valence-corrected chi connectivity index (χ1v) is 6.07. The second kappa shape index (κ2) is 5.14. The summed E-state index contributed by atoms with van der Waals surface area (Å²) >= 11 is 0. The number of primary amides is 1. The van der Waals surface area contributed by atoms with Gasteiger partial charge in [-0.2, -0.15) is 0 Å². The van der Waals surface area contributed by atoms with Crippen molar-refractivity contribution in [1.29, 1.82) is 0 Å². The van der Waals surface area contributed by atoms with Crippen LogP contribution in [0.3, 0.4) is 0 Å². The smallest absolute Gasteiger partial charge is 0.252 e. The lowest BCUT2D eigenvalue weighted by Gasteiger charge is -2.15. The second-order valence-corrected chi connectivity index (χ2v) is 4.50. The molecule has 3 N–H and O–H groups in total. The van der Waals surface area contributed by atoms with Crippen LogP contribution in [0.25, 0.3) is 0 Å². The quantitative estimate of drug-likeness (QED) is 0.884. The molecule has 5 nitrogen and oxygen atoms in total. The molecule has 1 amide bonds. The summed E-state index contributed by atoms with van der Waals surface area (Å²) in [6.45, 7) is 5.80. The molecule has 0 saturated heterocycles. The third-order valence-electron chi connectivity index (χ3n) is 2.97. The maximum Gasteiger partial charge on any atom is 0.252 e. The second-order valence-electron chi connectivity index (χ2n) is 4.50. The third-order valence-corrected chi connectivity index (χ3v) is 2.97. The molecule has 2 aromatic rings. The van der Waals surface area contributed by atoms with Gasteiger partial charge in [0.1, 0.15) is 17.3 Å². The fourth-order valence-electron chi connectivity index (χ4n) is 2.08. The zero-order chi connectivity index (χ0) is 14.0. The van der Waals surface area contributed by atoms with Crippen molar-refractivity contribution in [2.24, 2.45) is 5.73 Å². The molecule has 1 unspecified atom stereocenters. The number of carbonyl (C=O) groups excluding carboxylic acids is 1. The molecule has 0 fully saturated rings. The Balaban J connectivity index is 2.26. The summed E-state index contributed by atoms with van der Waals surface area (Å²) in [5.74, 6) is 1.70. The lowest BCUT2D eigenvalue weighted by molar-refractivity contribution is 0.100. The lowest BCUT2D eigenvalue weighted by atomic mass is 10.1. The number of pyridine rings is 1. The molecule has 0 spiro atoms. The Hall–Kier alpha value is -2.30. The zero-order valence-corrected chi connectivity index (χ0v) is 11.2. The van der Waals surface area contributed by atoms with Gasteiger partial charge in [-0.15, -0.1) is 0 Å². The summed E-state index contributed by atoms with van der Waals surface area (Å²) in [5.41, 5.74) is 6.75. The fourth-order valence-corrected chi connectivity index (χ4v) is 2.08. The number of hydrogen-bond donors (Lipinski definition) is 2. The maximum absolute atomic E-state index is 11.3. The zero-order valence-electron chi connectivity index (χ0n) is 11.2. The van der Waals surface area contributed by atoms with Crippen LogP contribution >= 0.6 is 0 Å². The Bertz CT molecular complexity index is 604. The molecular formula is C14H17N3O2. The van der Waals surface area contributed by atoms with Gasteiger partial charge in [0.25, 0.3) is 5.91 Å². The van der Waals surface area contributed by atoms with E-state index >= 15 is 0 Å². The standard InChI is InChI=1S/C14H17N3O2/c1-8-7-12(10(3)19-8)9(2)17-14-11(13(15)18)5-4-6-16-14/h4-7,9H,1-3H3,(H2,15,18)(H,16,17). The van der Waals surface area contributed by atoms with Gasteiger partial charge in [0.05, 0.1) is 11.6 Å². The molecule has 0 aliphatic carbocycles. The van der Waals surface area contributed by atoms with Gasteiger partial charge in [0.15, 0.2) is 0 Å². The molecule has 2 rings (SSSR count). The topological polar surface area (TPSA) is 81.1 Å². The van der Waals surface area contributed by atoms with Crippen molar-refractivity contribution in [1.82, 2.24) is 4.98 Å². The number of amides is 1. The number of hydrogen-bond acceptors (Lipinski definition) is 4. The summed E-state index contributed by atoms with van der Waals surface area (Å²) in [5, 5.41) is 3.19. The van der Waals surface area contributed by atoms with E-state index in [9.17, 15) is 4.79 Å². The van der Waals surface area contributed by atoms with E-state index < -0.39 is 5.91 Å². The molecule has 5 heteroatoms. The number of nitrogens with two attached hydrogens (primary N) is 1. The van der Waals surface area contributed by atoms with E-state index in [0.29, 0.717) is 11.4 Å². The highest BCUT2D eigenvalue weighted by molar-refractivity contribution is 5.97. The van der Waals surface area contributed by atoms with Crippen molar-refractivity contribution in [3.8, 4) is 0 Å². The fraction of sp³-hybridized carbons (Fsp3) is 0.286. The van der Waals surface area contributed by atoms with Gasteiger partial charge in [-0.3, -0.25) is 4.79 Å². The summed E-state index contributed by atoms with van der Waals surface area (Å²) in [6.07, 6.45) is 1.62. The van der Waals surface area contributed by atoms with Gasteiger partial charge in [0, 0.05) is 11.8 Å². The first kappa shape index (κ1) is 13.1. The largest absolute Gasteiger partial charge is 0.466 e. The van der Waals surface area contributed by atoms with E-state index in [1.165, 1.54) is 0 Å². The minimum absolute atomic E-state index is 0.0227. The Morgan fingerprint density at radius 1 is 1.47 bits per heavy atom. The predicted octanol–water partition coefficient (Wildman–Crippen LogP) is 2.56. The Labute approximate surface area is 111 Å². The number of furan rings is 1. The monoisotopic (exact) mass is 259 g/mol. The van der Waals surface area contributed by atoms with Crippen molar-refractivity contribution < 1.29 is 9.21 Å². The number of nitrogens with one attached hydrogen (secondary N) is 1. The average molecular weight is 259 g/mol. The third kappa shape index (κ3) is 2.76. The summed E-state index contributed by atoms with van der Waals surface area (Å²) in [7, 11) is 0. The highest BCUT2D eigenvalue weighted by Gasteiger charge is 2.16. The Morgan fingerprint density at radius 3 is 2.79 bits per heavy atom. The summed E-state index contributed by atoms with van der Waals surface area (Å²) in [6, 6.07) is 5.28. The van der Waals surface area contributed by atoms with Crippen molar-refractivity contribution >= 4 is 11.7 Å². The van der Waals surface area contributed by atoms with Gasteiger partial charge < -0.3 is 15.5 Å². The van der Waals surface area contributed by atoms with E-state index in [2.05, 4.69) is 10.3 Å². The van der Waals surface area contributed by atoms with Crippen LogP contribution < -0.4 is 11.1 Å². The Morgan fingerprint density at radius 2 is 2.21 bits per heavy atom. The van der Waals surface area contributed by atoms with Gasteiger partial charge in [0.2, 0.25) is 0 Å². The lowest BCUT2D eigenvalue weighted by Crippen LogP contribution is -2.17. The SMILES string of the molecule is Cc1cc(C(C)Nc2ncccc2C(N)=O)c(C)o1.